The van der Waals surface area contributed by atoms with Crippen LogP contribution in [0.2, 0.25) is 0 Å². The highest BCUT2D eigenvalue weighted by Crippen LogP contribution is 2.36. The van der Waals surface area contributed by atoms with Crippen LogP contribution < -0.4 is 16.0 Å². The number of nitrogens with one attached hydrogen (secondary N) is 1. The first-order valence-corrected chi connectivity index (χ1v) is 8.18. The van der Waals surface area contributed by atoms with Gasteiger partial charge in [-0.3, -0.25) is 11.3 Å². The second kappa shape index (κ2) is 7.00. The van der Waals surface area contributed by atoms with Crippen molar-refractivity contribution in [2.75, 3.05) is 7.11 Å². The first kappa shape index (κ1) is 15.9. The fourth-order valence-corrected chi connectivity index (χ4v) is 4.00. The van der Waals surface area contributed by atoms with E-state index in [1.54, 1.807) is 17.4 Å². The lowest BCUT2D eigenvalue weighted by atomic mass is 10.0. The van der Waals surface area contributed by atoms with E-state index >= 15 is 0 Å². The van der Waals surface area contributed by atoms with Crippen molar-refractivity contribution >= 4 is 43.2 Å². The molecule has 7 heteroatoms. The van der Waals surface area contributed by atoms with E-state index in [0.29, 0.717) is 6.42 Å². The lowest BCUT2D eigenvalue weighted by Crippen LogP contribution is -2.29. The van der Waals surface area contributed by atoms with Gasteiger partial charge < -0.3 is 4.74 Å². The highest BCUT2D eigenvalue weighted by atomic mass is 79.9. The van der Waals surface area contributed by atoms with Gasteiger partial charge in [-0.25, -0.2) is 4.39 Å². The van der Waals surface area contributed by atoms with Crippen LogP contribution in [-0.2, 0) is 6.42 Å². The molecular formula is C13H13Br2FN2OS. The molecule has 20 heavy (non-hydrogen) atoms. The predicted octanol–water partition coefficient (Wildman–Crippen LogP) is 4.17. The van der Waals surface area contributed by atoms with Gasteiger partial charge in [0.15, 0.2) is 11.6 Å². The van der Waals surface area contributed by atoms with Gasteiger partial charge in [-0.1, -0.05) is 6.07 Å². The Hall–Kier alpha value is -0.470. The lowest BCUT2D eigenvalue weighted by Gasteiger charge is -2.14. The summed E-state index contributed by atoms with van der Waals surface area (Å²) in [7, 11) is 1.45. The van der Waals surface area contributed by atoms with E-state index in [1.807, 2.05) is 12.1 Å². The highest BCUT2D eigenvalue weighted by Gasteiger charge is 2.16. The molecule has 3 nitrogen and oxygen atoms in total. The van der Waals surface area contributed by atoms with Crippen molar-refractivity contribution in [3.63, 3.8) is 0 Å². The molecule has 0 aliphatic heterocycles. The number of ether oxygens (including phenoxy) is 1. The molecule has 0 aliphatic rings. The average Bonchev–Trinajstić information content (AvgIpc) is 2.76. The minimum Gasteiger partial charge on any atom is -0.494 e. The van der Waals surface area contributed by atoms with Crippen LogP contribution >= 0.6 is 43.2 Å². The van der Waals surface area contributed by atoms with Gasteiger partial charge in [-0.2, -0.15) is 0 Å². The van der Waals surface area contributed by atoms with Crippen LogP contribution in [0.25, 0.3) is 0 Å². The van der Waals surface area contributed by atoms with Crippen molar-refractivity contribution < 1.29 is 9.13 Å². The highest BCUT2D eigenvalue weighted by molar-refractivity contribution is 9.13. The SMILES string of the molecule is COc1ccc(CC(NN)c2cc(Br)c(Br)s2)cc1F. The van der Waals surface area contributed by atoms with E-state index in [2.05, 4.69) is 37.3 Å². The van der Waals surface area contributed by atoms with Gasteiger partial charge in [0.25, 0.3) is 0 Å². The van der Waals surface area contributed by atoms with Gasteiger partial charge in [0, 0.05) is 9.35 Å². The van der Waals surface area contributed by atoms with Crippen LogP contribution in [0, 0.1) is 5.82 Å². The van der Waals surface area contributed by atoms with Gasteiger partial charge in [0.05, 0.1) is 16.9 Å². The summed E-state index contributed by atoms with van der Waals surface area (Å²) in [5.74, 6) is 5.49. The summed E-state index contributed by atoms with van der Waals surface area (Å²) >= 11 is 8.49. The first-order valence-electron chi connectivity index (χ1n) is 5.78. The number of halogens is 3. The zero-order chi connectivity index (χ0) is 14.7. The monoisotopic (exact) mass is 422 g/mol. The summed E-state index contributed by atoms with van der Waals surface area (Å²) in [6.45, 7) is 0. The fraction of sp³-hybridized carbons (Fsp3) is 0.231. The molecule has 1 unspecified atom stereocenters. The number of rotatable bonds is 5. The van der Waals surface area contributed by atoms with Gasteiger partial charge >= 0.3 is 0 Å². The molecule has 108 valence electrons. The van der Waals surface area contributed by atoms with Crippen molar-refractivity contribution in [2.24, 2.45) is 5.84 Å². The Bertz CT molecular complexity index is 587. The Labute approximate surface area is 137 Å². The normalized spacial score (nSPS) is 12.4. The third-order valence-electron chi connectivity index (χ3n) is 2.86. The summed E-state index contributed by atoms with van der Waals surface area (Å²) in [5.41, 5.74) is 3.62. The standard InChI is InChI=1S/C13H13Br2FN2OS/c1-19-11-3-2-7(4-9(11)16)5-10(18-17)12-6-8(14)13(15)20-12/h2-4,6,10,18H,5,17H2,1H3. The van der Waals surface area contributed by atoms with Crippen LogP contribution in [0.1, 0.15) is 16.5 Å². The van der Waals surface area contributed by atoms with Crippen molar-refractivity contribution in [1.82, 2.24) is 5.43 Å². The number of hydrogen-bond donors (Lipinski definition) is 2. The van der Waals surface area contributed by atoms with E-state index in [9.17, 15) is 4.39 Å². The zero-order valence-electron chi connectivity index (χ0n) is 10.6. The number of hydrogen-bond acceptors (Lipinski definition) is 4. The largest absolute Gasteiger partial charge is 0.494 e. The van der Waals surface area contributed by atoms with Crippen molar-refractivity contribution in [3.8, 4) is 5.75 Å². The molecule has 2 aromatic rings. The molecule has 1 atom stereocenters. The third-order valence-corrected chi connectivity index (χ3v) is 6.23. The molecule has 1 aromatic carbocycles. The topological polar surface area (TPSA) is 47.3 Å². The molecule has 1 aromatic heterocycles. The summed E-state index contributed by atoms with van der Waals surface area (Å²) in [4.78, 5) is 1.07. The summed E-state index contributed by atoms with van der Waals surface area (Å²) in [6.07, 6.45) is 0.594. The van der Waals surface area contributed by atoms with E-state index in [-0.39, 0.29) is 17.6 Å². The van der Waals surface area contributed by atoms with Crippen LogP contribution in [0.15, 0.2) is 32.5 Å². The lowest BCUT2D eigenvalue weighted by molar-refractivity contribution is 0.386. The molecule has 0 amide bonds. The number of methoxy groups -OCH3 is 1. The van der Waals surface area contributed by atoms with Crippen LogP contribution in [0.5, 0.6) is 5.75 Å². The molecule has 0 aliphatic carbocycles. The van der Waals surface area contributed by atoms with E-state index in [0.717, 1.165) is 18.7 Å². The maximum Gasteiger partial charge on any atom is 0.165 e. The quantitative estimate of drug-likeness (QED) is 0.560. The number of benzene rings is 1. The van der Waals surface area contributed by atoms with Crippen LogP contribution in [0.4, 0.5) is 4.39 Å². The number of thiophene rings is 1. The second-order valence-electron chi connectivity index (χ2n) is 4.16. The minimum atomic E-state index is -0.366. The van der Waals surface area contributed by atoms with Gasteiger partial charge in [0.1, 0.15) is 0 Å². The van der Waals surface area contributed by atoms with Crippen molar-refractivity contribution in [3.05, 3.63) is 48.8 Å². The molecule has 0 fully saturated rings. The molecule has 0 spiro atoms. The molecule has 3 N–H and O–H groups in total. The molecule has 2 rings (SSSR count). The molecular weight excluding hydrogens is 411 g/mol. The summed E-state index contributed by atoms with van der Waals surface area (Å²) < 4.78 is 20.6. The first-order chi connectivity index (χ1) is 9.55. The zero-order valence-corrected chi connectivity index (χ0v) is 14.6. The second-order valence-corrected chi connectivity index (χ2v) is 7.42. The maximum atomic E-state index is 13.7. The Balaban J connectivity index is 2.20. The predicted molar refractivity (Wildman–Crippen MR) is 86.4 cm³/mol. The van der Waals surface area contributed by atoms with E-state index in [4.69, 9.17) is 10.6 Å². The van der Waals surface area contributed by atoms with Gasteiger partial charge in [0.2, 0.25) is 0 Å². The van der Waals surface area contributed by atoms with Gasteiger partial charge in [-0.15, -0.1) is 11.3 Å². The molecule has 0 bridgehead atoms. The van der Waals surface area contributed by atoms with E-state index < -0.39 is 0 Å². The van der Waals surface area contributed by atoms with Crippen LogP contribution in [0.3, 0.4) is 0 Å². The molecule has 0 saturated heterocycles. The molecule has 0 radical (unpaired) electrons. The third kappa shape index (κ3) is 3.59. The minimum absolute atomic E-state index is 0.0737. The smallest absolute Gasteiger partial charge is 0.165 e. The number of hydrazine groups is 1. The number of nitrogens with two attached hydrogens (primary N) is 1. The Morgan fingerprint density at radius 3 is 2.65 bits per heavy atom. The Kier molecular flexibility index (Phi) is 5.57. The van der Waals surface area contributed by atoms with Crippen molar-refractivity contribution in [2.45, 2.75) is 12.5 Å². The summed E-state index contributed by atoms with van der Waals surface area (Å²) in [5, 5.41) is 0. The maximum absolute atomic E-state index is 13.7. The molecule has 1 heterocycles. The van der Waals surface area contributed by atoms with E-state index in [1.165, 1.54) is 13.2 Å². The fourth-order valence-electron chi connectivity index (χ4n) is 1.85. The Morgan fingerprint density at radius 1 is 1.40 bits per heavy atom. The molecule has 0 saturated carbocycles. The Morgan fingerprint density at radius 2 is 2.15 bits per heavy atom. The van der Waals surface area contributed by atoms with Gasteiger partial charge in [-0.05, 0) is 62.0 Å². The van der Waals surface area contributed by atoms with Crippen molar-refractivity contribution in [1.29, 1.82) is 0 Å². The van der Waals surface area contributed by atoms with Crippen LogP contribution in [-0.4, -0.2) is 7.11 Å². The average molecular weight is 424 g/mol. The summed E-state index contributed by atoms with van der Waals surface area (Å²) in [6, 6.07) is 6.86.